The Balaban J connectivity index is 1.24. The van der Waals surface area contributed by atoms with Crippen molar-refractivity contribution in [2.24, 2.45) is 0 Å². The molecule has 0 aliphatic rings. The summed E-state index contributed by atoms with van der Waals surface area (Å²) in [6.07, 6.45) is -3.65. The number of carboxylic acids is 2. The minimum Gasteiger partial charge on any atom is -0.481 e. The van der Waals surface area contributed by atoms with Gasteiger partial charge in [0.05, 0.1) is 55.1 Å². The summed E-state index contributed by atoms with van der Waals surface area (Å²) >= 11 is 0. The molecule has 0 saturated heterocycles. The number of carbonyl (C=O) groups is 4. The Bertz CT molecular complexity index is 2400. The van der Waals surface area contributed by atoms with Gasteiger partial charge in [0.25, 0.3) is 17.4 Å². The van der Waals surface area contributed by atoms with Gasteiger partial charge in [-0.3, -0.25) is 24.2 Å². The zero-order valence-corrected chi connectivity index (χ0v) is 33.4. The molecule has 0 radical (unpaired) electrons. The molecule has 5 rings (SSSR count). The number of carboxylic acid groups (broad SMARTS) is 2. The molecule has 0 spiro atoms. The monoisotopic (exact) mass is 868 g/mol. The summed E-state index contributed by atoms with van der Waals surface area (Å²) in [4.78, 5) is 76.5. The second kappa shape index (κ2) is 21.1. The first kappa shape index (κ1) is 45.5. The van der Waals surface area contributed by atoms with E-state index in [9.17, 15) is 42.3 Å². The van der Waals surface area contributed by atoms with E-state index in [0.717, 1.165) is 23.8 Å². The molecule has 18 nitrogen and oxygen atoms in total. The molecule has 0 aliphatic carbocycles. The quantitative estimate of drug-likeness (QED) is 0.0403. The number of H-pyrrole nitrogens is 1. The van der Waals surface area contributed by atoms with Crippen molar-refractivity contribution >= 4 is 66.5 Å². The van der Waals surface area contributed by atoms with Gasteiger partial charge in [0, 0.05) is 23.4 Å². The topological polar surface area (TPSA) is 256 Å². The number of nitrogens with one attached hydrogen (secondary N) is 5. The number of alkyl halides is 3. The summed E-state index contributed by atoms with van der Waals surface area (Å²) in [7, 11) is -1.46. The Morgan fingerprint density at radius 1 is 0.885 bits per heavy atom. The van der Waals surface area contributed by atoms with Gasteiger partial charge < -0.3 is 45.1 Å². The number of anilines is 4. The molecule has 0 aliphatic heterocycles. The number of fused-ring (bicyclic) bond motifs is 1. The average Bonchev–Trinajstić information content (AvgIpc) is 3.22. The van der Waals surface area contributed by atoms with Crippen molar-refractivity contribution in [1.82, 2.24) is 25.3 Å². The van der Waals surface area contributed by atoms with E-state index in [2.05, 4.69) is 41.2 Å². The van der Waals surface area contributed by atoms with E-state index < -0.39 is 62.1 Å². The Morgan fingerprint density at radius 2 is 1.57 bits per heavy atom. The SMILES string of the molecule is CCOP(OCC)OCCc1ccc(NC(=O)c2ccc(C(F)(F)F)cc2Nc2nc3ncc(CNc4ccc(C(=O)NC(CCC(=O)O)C(=O)O)cc4)nc3c(=O)[nH]2)cc1. The number of aliphatic carboxylic acids is 2. The van der Waals surface area contributed by atoms with Crippen LogP contribution in [0, 0.1) is 0 Å². The number of aromatic nitrogens is 4. The first-order chi connectivity index (χ1) is 29.1. The Morgan fingerprint density at radius 3 is 2.21 bits per heavy atom. The lowest BCUT2D eigenvalue weighted by Gasteiger charge is -2.15. The van der Waals surface area contributed by atoms with Crippen LogP contribution in [-0.4, -0.2) is 79.8 Å². The van der Waals surface area contributed by atoms with E-state index >= 15 is 0 Å². The van der Waals surface area contributed by atoms with E-state index in [1.54, 1.807) is 24.3 Å². The third kappa shape index (κ3) is 13.2. The lowest BCUT2D eigenvalue weighted by atomic mass is 10.1. The van der Waals surface area contributed by atoms with Crippen LogP contribution in [0.4, 0.5) is 36.2 Å². The van der Waals surface area contributed by atoms with Crippen LogP contribution < -0.4 is 26.8 Å². The molecule has 22 heteroatoms. The standard InChI is InChI=1S/C39H40F3N8O10P/c1-3-58-61(59-4-2)60-18-17-22-5-10-26(11-6-22)46-35(54)28-14-9-24(39(40,41)42)19-30(28)48-38-49-33-32(36(55)50-38)45-27(21-44-33)20-43-25-12-7-23(8-13-25)34(53)47-29(37(56)57)15-16-31(51)52/h5-14,19,21,29,43H,3-4,15-18,20H2,1-2H3,(H,46,54)(H,47,53)(H,51,52)(H,56,57)(H2,44,48,49,50,55). The molecule has 0 fully saturated rings. The van der Waals surface area contributed by atoms with Crippen molar-refractivity contribution < 1.29 is 56.1 Å². The van der Waals surface area contributed by atoms with E-state index in [4.69, 9.17) is 18.7 Å². The molecule has 2 aromatic heterocycles. The smallest absolute Gasteiger partial charge is 0.416 e. The van der Waals surface area contributed by atoms with Gasteiger partial charge in [-0.25, -0.2) is 14.8 Å². The number of hydrogen-bond acceptors (Lipinski definition) is 13. The van der Waals surface area contributed by atoms with Crippen molar-refractivity contribution in [3.8, 4) is 0 Å². The Labute approximate surface area is 346 Å². The largest absolute Gasteiger partial charge is 0.481 e. The highest BCUT2D eigenvalue weighted by Gasteiger charge is 2.32. The molecule has 0 bridgehead atoms. The van der Waals surface area contributed by atoms with Gasteiger partial charge in [-0.15, -0.1) is 0 Å². The minimum absolute atomic E-state index is 0.0497. The fraction of sp³-hybridized carbons (Fsp3) is 0.282. The maximum atomic E-state index is 13.8. The van der Waals surface area contributed by atoms with Crippen LogP contribution in [0.25, 0.3) is 11.2 Å². The Hall–Kier alpha value is -6.54. The molecule has 61 heavy (non-hydrogen) atoms. The average molecular weight is 869 g/mol. The summed E-state index contributed by atoms with van der Waals surface area (Å²) < 4.78 is 57.8. The molecule has 2 amide bonds. The first-order valence-corrected chi connectivity index (χ1v) is 19.7. The van der Waals surface area contributed by atoms with Crippen molar-refractivity contribution in [3.05, 3.63) is 111 Å². The van der Waals surface area contributed by atoms with Crippen molar-refractivity contribution in [3.63, 3.8) is 0 Å². The Kier molecular flexibility index (Phi) is 15.8. The molecular weight excluding hydrogens is 828 g/mol. The number of benzene rings is 3. The predicted molar refractivity (Wildman–Crippen MR) is 216 cm³/mol. The maximum absolute atomic E-state index is 13.8. The number of halogens is 3. The van der Waals surface area contributed by atoms with E-state index in [-0.39, 0.29) is 46.9 Å². The summed E-state index contributed by atoms with van der Waals surface area (Å²) in [6.45, 7) is 4.93. The second-order valence-electron chi connectivity index (χ2n) is 12.9. The normalized spacial score (nSPS) is 11.9. The van der Waals surface area contributed by atoms with Crippen LogP contribution in [0.2, 0.25) is 0 Å². The number of carbonyl (C=O) groups excluding carboxylic acids is 2. The van der Waals surface area contributed by atoms with Gasteiger partial charge in [0.2, 0.25) is 5.95 Å². The summed E-state index contributed by atoms with van der Waals surface area (Å²) in [5.74, 6) is -4.34. The number of hydrogen-bond donors (Lipinski definition) is 7. The molecule has 7 N–H and O–H groups in total. The minimum atomic E-state index is -4.76. The zero-order chi connectivity index (χ0) is 44.1. The van der Waals surface area contributed by atoms with Crippen molar-refractivity contribution in [1.29, 1.82) is 0 Å². The van der Waals surface area contributed by atoms with Crippen LogP contribution in [0.3, 0.4) is 0 Å². The highest BCUT2D eigenvalue weighted by Crippen LogP contribution is 2.39. The van der Waals surface area contributed by atoms with Crippen LogP contribution in [0.1, 0.15) is 64.2 Å². The molecule has 1 unspecified atom stereocenters. The highest BCUT2D eigenvalue weighted by molar-refractivity contribution is 7.41. The van der Waals surface area contributed by atoms with Gasteiger partial charge in [-0.05, 0) is 86.8 Å². The van der Waals surface area contributed by atoms with Gasteiger partial charge in [0.15, 0.2) is 11.2 Å². The third-order valence-corrected chi connectivity index (χ3v) is 9.78. The van der Waals surface area contributed by atoms with Gasteiger partial charge >= 0.3 is 26.7 Å². The predicted octanol–water partition coefficient (Wildman–Crippen LogP) is 6.25. The first-order valence-electron chi connectivity index (χ1n) is 18.6. The molecule has 2 heterocycles. The molecule has 0 saturated carbocycles. The van der Waals surface area contributed by atoms with Gasteiger partial charge in [-0.2, -0.15) is 18.2 Å². The van der Waals surface area contributed by atoms with Crippen LogP contribution in [0.5, 0.6) is 0 Å². The van der Waals surface area contributed by atoms with Crippen molar-refractivity contribution in [2.45, 2.75) is 51.9 Å². The molecule has 3 aromatic carbocycles. The van der Waals surface area contributed by atoms with E-state index in [1.807, 2.05) is 13.8 Å². The number of aromatic amines is 1. The fourth-order valence-electron chi connectivity index (χ4n) is 5.46. The van der Waals surface area contributed by atoms with Gasteiger partial charge in [0.1, 0.15) is 6.04 Å². The van der Waals surface area contributed by atoms with Crippen molar-refractivity contribution in [2.75, 3.05) is 35.8 Å². The number of amides is 2. The molecular formula is C39H40F3N8O10P. The van der Waals surface area contributed by atoms with E-state index in [1.165, 1.54) is 30.5 Å². The van der Waals surface area contributed by atoms with Crippen LogP contribution >= 0.6 is 8.60 Å². The summed E-state index contributed by atoms with van der Waals surface area (Å²) in [5, 5.41) is 28.7. The highest BCUT2D eigenvalue weighted by atomic mass is 31.2. The third-order valence-electron chi connectivity index (χ3n) is 8.45. The number of nitrogens with zero attached hydrogens (tertiary/aromatic N) is 3. The van der Waals surface area contributed by atoms with E-state index in [0.29, 0.717) is 43.3 Å². The molecule has 5 aromatic rings. The number of rotatable bonds is 21. The van der Waals surface area contributed by atoms with Crippen LogP contribution in [-0.2, 0) is 42.3 Å². The maximum Gasteiger partial charge on any atom is 0.416 e. The fourth-order valence-corrected chi connectivity index (χ4v) is 6.35. The van der Waals surface area contributed by atoms with Crippen LogP contribution in [0.15, 0.2) is 77.7 Å². The lowest BCUT2D eigenvalue weighted by molar-refractivity contribution is -0.141. The summed E-state index contributed by atoms with van der Waals surface area (Å²) in [6, 6.07) is 13.8. The summed E-state index contributed by atoms with van der Waals surface area (Å²) in [5.41, 5.74) is -0.487. The molecule has 1 atom stereocenters. The zero-order valence-electron chi connectivity index (χ0n) is 32.5. The van der Waals surface area contributed by atoms with Gasteiger partial charge in [-0.1, -0.05) is 12.1 Å². The second-order valence-corrected chi connectivity index (χ2v) is 14.1. The molecule has 322 valence electrons. The lowest BCUT2D eigenvalue weighted by Crippen LogP contribution is -2.41.